The summed E-state index contributed by atoms with van der Waals surface area (Å²) in [5.74, 6) is 0. The Bertz CT molecular complexity index is 316. The van der Waals surface area contributed by atoms with Crippen LogP contribution in [0, 0.1) is 0 Å². The number of hydrogen-bond acceptors (Lipinski definition) is 0. The first-order valence-electron chi connectivity index (χ1n) is 3.42. The Morgan fingerprint density at radius 2 is 1.58 bits per heavy atom. The van der Waals surface area contributed by atoms with Gasteiger partial charge in [0.25, 0.3) is 0 Å². The maximum absolute atomic E-state index is 5.89. The maximum atomic E-state index is 5.89. The minimum atomic E-state index is 0.481. The largest absolute Gasteiger partial charge is 0.0870 e. The molecule has 0 spiro atoms. The van der Waals surface area contributed by atoms with E-state index in [1.807, 2.05) is 19.1 Å². The lowest BCUT2D eigenvalue weighted by atomic mass is 10.2. The van der Waals surface area contributed by atoms with Gasteiger partial charge in [0.1, 0.15) is 0 Å². The van der Waals surface area contributed by atoms with Crippen molar-refractivity contribution in [1.29, 1.82) is 0 Å². The van der Waals surface area contributed by atoms with Gasteiger partial charge in [-0.2, -0.15) is 0 Å². The van der Waals surface area contributed by atoms with E-state index in [2.05, 4.69) is 0 Å². The van der Waals surface area contributed by atoms with Crippen molar-refractivity contribution in [2.24, 2.45) is 0 Å². The van der Waals surface area contributed by atoms with Crippen molar-refractivity contribution in [3.05, 3.63) is 38.8 Å². The number of allylic oxidation sites excluding steroid dienone is 1. The molecular weight excluding hydrogens is 214 g/mol. The van der Waals surface area contributed by atoms with Crippen molar-refractivity contribution in [2.75, 3.05) is 0 Å². The zero-order valence-corrected chi connectivity index (χ0v) is 8.71. The zero-order chi connectivity index (χ0) is 9.14. The summed E-state index contributed by atoms with van der Waals surface area (Å²) in [6.07, 6.45) is 3.77. The fraction of sp³-hybridized carbons (Fsp3) is 0.111. The average Bonchev–Trinajstić information content (AvgIpc) is 2.01. The molecule has 0 saturated heterocycles. The number of rotatable bonds is 1. The van der Waals surface area contributed by atoms with Gasteiger partial charge in [0, 0.05) is 5.02 Å². The fourth-order valence-corrected chi connectivity index (χ4v) is 1.46. The molecule has 0 aliphatic rings. The van der Waals surface area contributed by atoms with Crippen LogP contribution < -0.4 is 0 Å². The average molecular weight is 222 g/mol. The Hall–Kier alpha value is -0.170. The Morgan fingerprint density at radius 3 is 2.17 bits per heavy atom. The van der Waals surface area contributed by atoms with Crippen molar-refractivity contribution in [3.8, 4) is 0 Å². The fourth-order valence-electron chi connectivity index (χ4n) is 0.845. The van der Waals surface area contributed by atoms with Crippen LogP contribution in [0.5, 0.6) is 0 Å². The molecule has 0 aliphatic heterocycles. The Labute approximate surface area is 86.7 Å². The van der Waals surface area contributed by atoms with Gasteiger partial charge in [-0.05, 0) is 24.6 Å². The normalized spacial score (nSPS) is 11.0. The summed E-state index contributed by atoms with van der Waals surface area (Å²) in [4.78, 5) is 0. The lowest BCUT2D eigenvalue weighted by Crippen LogP contribution is -1.76. The molecular formula is C9H7Cl3. The van der Waals surface area contributed by atoms with Gasteiger partial charge in [-0.15, -0.1) is 0 Å². The Kier molecular flexibility index (Phi) is 3.45. The molecule has 0 fully saturated rings. The van der Waals surface area contributed by atoms with Crippen LogP contribution in [-0.2, 0) is 0 Å². The third-order valence-electron chi connectivity index (χ3n) is 1.39. The Balaban J connectivity index is 3.23. The maximum Gasteiger partial charge on any atom is 0.0607 e. The van der Waals surface area contributed by atoms with Gasteiger partial charge in [-0.3, -0.25) is 0 Å². The van der Waals surface area contributed by atoms with Gasteiger partial charge in [0.15, 0.2) is 0 Å². The van der Waals surface area contributed by atoms with E-state index in [1.165, 1.54) is 0 Å². The second-order valence-electron chi connectivity index (χ2n) is 2.29. The molecule has 0 amide bonds. The van der Waals surface area contributed by atoms with Crippen molar-refractivity contribution >= 4 is 40.9 Å². The second kappa shape index (κ2) is 4.18. The molecule has 0 aromatic heterocycles. The van der Waals surface area contributed by atoms with E-state index in [0.717, 1.165) is 5.56 Å². The SMILES string of the molecule is C/C=C/c1cc(Cl)c(Cl)cc1Cl. The summed E-state index contributed by atoms with van der Waals surface area (Å²) in [7, 11) is 0. The van der Waals surface area contributed by atoms with Crippen LogP contribution in [0.1, 0.15) is 12.5 Å². The first kappa shape index (κ1) is 9.91. The highest BCUT2D eigenvalue weighted by atomic mass is 35.5. The molecule has 1 rings (SSSR count). The molecule has 12 heavy (non-hydrogen) atoms. The molecule has 0 bridgehead atoms. The summed E-state index contributed by atoms with van der Waals surface area (Å²) >= 11 is 17.4. The number of hydrogen-bond donors (Lipinski definition) is 0. The van der Waals surface area contributed by atoms with Gasteiger partial charge in [0.2, 0.25) is 0 Å². The van der Waals surface area contributed by atoms with Crippen LogP contribution in [0.3, 0.4) is 0 Å². The van der Waals surface area contributed by atoms with Crippen LogP contribution in [-0.4, -0.2) is 0 Å². The van der Waals surface area contributed by atoms with Gasteiger partial charge in [0.05, 0.1) is 10.0 Å². The second-order valence-corrected chi connectivity index (χ2v) is 3.51. The summed E-state index contributed by atoms with van der Waals surface area (Å²) in [5, 5.41) is 1.62. The molecule has 1 aromatic carbocycles. The number of benzene rings is 1. The minimum Gasteiger partial charge on any atom is -0.0870 e. The lowest BCUT2D eigenvalue weighted by molar-refractivity contribution is 1.64. The van der Waals surface area contributed by atoms with Crippen molar-refractivity contribution in [2.45, 2.75) is 6.92 Å². The third kappa shape index (κ3) is 2.16. The lowest BCUT2D eigenvalue weighted by Gasteiger charge is -2.00. The van der Waals surface area contributed by atoms with Crippen LogP contribution in [0.25, 0.3) is 6.08 Å². The molecule has 0 N–H and O–H groups in total. The van der Waals surface area contributed by atoms with E-state index in [4.69, 9.17) is 34.8 Å². The highest BCUT2D eigenvalue weighted by Gasteiger charge is 2.02. The van der Waals surface area contributed by atoms with Gasteiger partial charge in [-0.25, -0.2) is 0 Å². The first-order chi connectivity index (χ1) is 5.65. The summed E-state index contributed by atoms with van der Waals surface area (Å²) in [6.45, 7) is 1.92. The van der Waals surface area contributed by atoms with Crippen LogP contribution in [0.4, 0.5) is 0 Å². The van der Waals surface area contributed by atoms with Gasteiger partial charge >= 0.3 is 0 Å². The standard InChI is InChI=1S/C9H7Cl3/c1-2-3-6-4-8(11)9(12)5-7(6)10/h2-5H,1H3/b3-2+. The van der Waals surface area contributed by atoms with Gasteiger partial charge < -0.3 is 0 Å². The molecule has 0 atom stereocenters. The summed E-state index contributed by atoms with van der Waals surface area (Å²) in [5.41, 5.74) is 0.883. The molecule has 0 radical (unpaired) electrons. The molecule has 0 aliphatic carbocycles. The van der Waals surface area contributed by atoms with Crippen LogP contribution in [0.15, 0.2) is 18.2 Å². The summed E-state index contributed by atoms with van der Waals surface area (Å²) < 4.78 is 0. The van der Waals surface area contributed by atoms with E-state index < -0.39 is 0 Å². The van der Waals surface area contributed by atoms with Crippen molar-refractivity contribution in [1.82, 2.24) is 0 Å². The monoisotopic (exact) mass is 220 g/mol. The van der Waals surface area contributed by atoms with Crippen molar-refractivity contribution in [3.63, 3.8) is 0 Å². The smallest absolute Gasteiger partial charge is 0.0607 e. The minimum absolute atomic E-state index is 0.481. The zero-order valence-electron chi connectivity index (χ0n) is 6.44. The third-order valence-corrected chi connectivity index (χ3v) is 2.44. The van der Waals surface area contributed by atoms with E-state index in [-0.39, 0.29) is 0 Å². The molecule has 0 saturated carbocycles. The molecule has 0 nitrogen and oxygen atoms in total. The van der Waals surface area contributed by atoms with Crippen molar-refractivity contribution < 1.29 is 0 Å². The van der Waals surface area contributed by atoms with E-state index in [0.29, 0.717) is 15.1 Å². The van der Waals surface area contributed by atoms with Crippen LogP contribution >= 0.6 is 34.8 Å². The highest BCUT2D eigenvalue weighted by Crippen LogP contribution is 2.29. The molecule has 3 heteroatoms. The van der Waals surface area contributed by atoms with Crippen LogP contribution in [0.2, 0.25) is 15.1 Å². The molecule has 0 unspecified atom stereocenters. The quantitative estimate of drug-likeness (QED) is 0.604. The highest BCUT2D eigenvalue weighted by molar-refractivity contribution is 6.43. The van der Waals surface area contributed by atoms with E-state index in [1.54, 1.807) is 12.1 Å². The van der Waals surface area contributed by atoms with Gasteiger partial charge in [-0.1, -0.05) is 47.0 Å². The predicted octanol–water partition coefficient (Wildman–Crippen LogP) is 4.68. The molecule has 0 heterocycles. The topological polar surface area (TPSA) is 0 Å². The predicted molar refractivity (Wildman–Crippen MR) is 56.2 cm³/mol. The number of halogens is 3. The molecule has 64 valence electrons. The van der Waals surface area contributed by atoms with E-state index in [9.17, 15) is 0 Å². The Morgan fingerprint density at radius 1 is 1.00 bits per heavy atom. The summed E-state index contributed by atoms with van der Waals surface area (Å²) in [6, 6.07) is 3.38. The van der Waals surface area contributed by atoms with E-state index >= 15 is 0 Å². The first-order valence-corrected chi connectivity index (χ1v) is 4.55. The molecule has 1 aromatic rings.